The van der Waals surface area contributed by atoms with Crippen LogP contribution in [-0.4, -0.2) is 14.2 Å². The molecule has 1 fully saturated rings. The highest BCUT2D eigenvalue weighted by molar-refractivity contribution is 6.83. The monoisotopic (exact) mass is 154 g/mol. The molecule has 0 radical (unpaired) electrons. The van der Waals surface area contributed by atoms with Gasteiger partial charge in [0.1, 0.15) is 20.3 Å². The predicted molar refractivity (Wildman–Crippen MR) is 45.2 cm³/mol. The third kappa shape index (κ3) is 3.57. The Morgan fingerprint density at radius 1 is 1.30 bits per heavy atom. The molecule has 0 bridgehead atoms. The summed E-state index contributed by atoms with van der Waals surface area (Å²) in [5, 5.41) is 0. The van der Waals surface area contributed by atoms with Gasteiger partial charge in [0.05, 0.1) is 0 Å². The number of rotatable bonds is 1. The van der Waals surface area contributed by atoms with Crippen LogP contribution in [0.5, 0.6) is 0 Å². The van der Waals surface area contributed by atoms with Crippen LogP contribution in [0.15, 0.2) is 0 Å². The first-order chi connectivity index (χ1) is 4.58. The first-order valence-electron chi connectivity index (χ1n) is 3.76. The molecule has 1 rings (SSSR count). The fourth-order valence-electron chi connectivity index (χ4n) is 0.452. The van der Waals surface area contributed by atoms with Crippen LogP contribution < -0.4 is 0 Å². The van der Waals surface area contributed by atoms with Gasteiger partial charge in [0.2, 0.25) is 0 Å². The van der Waals surface area contributed by atoms with E-state index in [0.717, 1.165) is 0 Å². The van der Waals surface area contributed by atoms with Crippen LogP contribution in [0.25, 0.3) is 0 Å². The second-order valence-corrected chi connectivity index (χ2v) is 8.54. The minimum absolute atomic E-state index is 0.476. The molecular weight excluding hydrogens is 140 g/mol. The average molecular weight is 154 g/mol. The maximum absolute atomic E-state index is 5.20. The molecule has 0 aromatic rings. The molecule has 1 nitrogen and oxygen atoms in total. The van der Waals surface area contributed by atoms with Crippen molar-refractivity contribution < 1.29 is 4.74 Å². The molecule has 0 aliphatic heterocycles. The Hall–Kier alpha value is -0.423. The van der Waals surface area contributed by atoms with Gasteiger partial charge < -0.3 is 4.74 Å². The van der Waals surface area contributed by atoms with Crippen molar-refractivity contribution in [1.29, 1.82) is 0 Å². The van der Waals surface area contributed by atoms with Crippen molar-refractivity contribution in [2.45, 2.75) is 38.6 Å². The highest BCUT2D eigenvalue weighted by Gasteiger charge is 2.22. The van der Waals surface area contributed by atoms with Gasteiger partial charge in [-0.25, -0.2) is 0 Å². The molecule has 0 spiro atoms. The molecule has 0 heterocycles. The van der Waals surface area contributed by atoms with Gasteiger partial charge in [0.15, 0.2) is 0 Å². The average Bonchev–Trinajstić information content (AvgIpc) is 2.45. The summed E-state index contributed by atoms with van der Waals surface area (Å²) >= 11 is 0. The van der Waals surface area contributed by atoms with Gasteiger partial charge in [0, 0.05) is 0 Å². The summed E-state index contributed by atoms with van der Waals surface area (Å²) in [6.45, 7) is 6.66. The molecule has 1 aliphatic carbocycles. The van der Waals surface area contributed by atoms with Crippen LogP contribution in [0.4, 0.5) is 0 Å². The van der Waals surface area contributed by atoms with Crippen molar-refractivity contribution in [3.8, 4) is 11.7 Å². The van der Waals surface area contributed by atoms with Crippen LogP contribution in [0.3, 0.4) is 0 Å². The van der Waals surface area contributed by atoms with Gasteiger partial charge in [-0.2, -0.15) is 0 Å². The number of hydrogen-bond acceptors (Lipinski definition) is 1. The largest absolute Gasteiger partial charge is 0.444 e. The van der Waals surface area contributed by atoms with E-state index in [9.17, 15) is 0 Å². The van der Waals surface area contributed by atoms with Gasteiger partial charge in [-0.05, 0) is 12.8 Å². The van der Waals surface area contributed by atoms with E-state index in [0.29, 0.717) is 6.10 Å². The van der Waals surface area contributed by atoms with Gasteiger partial charge in [-0.15, -0.1) is 0 Å². The lowest BCUT2D eigenvalue weighted by Crippen LogP contribution is -2.16. The Kier molecular flexibility index (Phi) is 2.05. The van der Waals surface area contributed by atoms with Gasteiger partial charge in [-0.3, -0.25) is 0 Å². The molecule has 56 valence electrons. The van der Waals surface area contributed by atoms with E-state index in [-0.39, 0.29) is 0 Å². The zero-order valence-electron chi connectivity index (χ0n) is 6.90. The third-order valence-electron chi connectivity index (χ3n) is 1.18. The second-order valence-electron chi connectivity index (χ2n) is 3.79. The van der Waals surface area contributed by atoms with Crippen molar-refractivity contribution in [3.05, 3.63) is 0 Å². The molecule has 0 N–H and O–H groups in total. The van der Waals surface area contributed by atoms with E-state index in [4.69, 9.17) is 4.74 Å². The fraction of sp³-hybridized carbons (Fsp3) is 0.750. The van der Waals surface area contributed by atoms with E-state index in [1.165, 1.54) is 12.8 Å². The van der Waals surface area contributed by atoms with Crippen molar-refractivity contribution in [1.82, 2.24) is 0 Å². The Morgan fingerprint density at radius 2 is 1.90 bits per heavy atom. The Morgan fingerprint density at radius 3 is 2.30 bits per heavy atom. The van der Waals surface area contributed by atoms with Crippen LogP contribution in [0.2, 0.25) is 19.6 Å². The van der Waals surface area contributed by atoms with E-state index in [1.54, 1.807) is 0 Å². The van der Waals surface area contributed by atoms with E-state index < -0.39 is 8.07 Å². The zero-order valence-corrected chi connectivity index (χ0v) is 7.90. The summed E-state index contributed by atoms with van der Waals surface area (Å²) in [5.41, 5.74) is 3.16. The summed E-state index contributed by atoms with van der Waals surface area (Å²) < 4.78 is 5.20. The molecule has 10 heavy (non-hydrogen) atoms. The molecule has 0 aromatic carbocycles. The molecular formula is C8H14OSi. The molecule has 0 atom stereocenters. The fourth-order valence-corrected chi connectivity index (χ4v) is 0.817. The maximum atomic E-state index is 5.20. The molecule has 0 aromatic heterocycles. The summed E-state index contributed by atoms with van der Waals surface area (Å²) in [7, 11) is -1.18. The smallest absolute Gasteiger partial charge is 0.133 e. The SMILES string of the molecule is C[Si](C)(C)C#COC1CC1. The summed E-state index contributed by atoms with van der Waals surface area (Å²) in [6, 6.07) is 0. The molecule has 1 saturated carbocycles. The van der Waals surface area contributed by atoms with Crippen LogP contribution >= 0.6 is 0 Å². The van der Waals surface area contributed by atoms with Gasteiger partial charge in [-0.1, -0.05) is 25.2 Å². The zero-order chi connectivity index (χ0) is 7.61. The third-order valence-corrected chi connectivity index (χ3v) is 2.03. The molecule has 0 saturated heterocycles. The summed E-state index contributed by atoms with van der Waals surface area (Å²) in [5.74, 6) is 0. The van der Waals surface area contributed by atoms with E-state index >= 15 is 0 Å². The van der Waals surface area contributed by atoms with Crippen LogP contribution in [0.1, 0.15) is 12.8 Å². The lowest BCUT2D eigenvalue weighted by molar-refractivity contribution is 0.262. The minimum atomic E-state index is -1.18. The first kappa shape index (κ1) is 7.68. The number of ether oxygens (including phenoxy) is 1. The normalized spacial score (nSPS) is 17.5. The highest BCUT2D eigenvalue weighted by atomic mass is 28.3. The topological polar surface area (TPSA) is 9.23 Å². The number of hydrogen-bond donors (Lipinski definition) is 0. The van der Waals surface area contributed by atoms with Crippen molar-refractivity contribution in [2.24, 2.45) is 0 Å². The molecule has 0 unspecified atom stereocenters. The van der Waals surface area contributed by atoms with Gasteiger partial charge >= 0.3 is 0 Å². The minimum Gasteiger partial charge on any atom is -0.444 e. The summed E-state index contributed by atoms with van der Waals surface area (Å²) in [4.78, 5) is 0. The Balaban J connectivity index is 2.23. The van der Waals surface area contributed by atoms with E-state index in [1.807, 2.05) is 0 Å². The van der Waals surface area contributed by atoms with Crippen molar-refractivity contribution >= 4 is 8.07 Å². The van der Waals surface area contributed by atoms with Gasteiger partial charge in [0.25, 0.3) is 0 Å². The lowest BCUT2D eigenvalue weighted by atomic mass is 10.8. The standard InChI is InChI=1S/C8H14OSi/c1-10(2,3)7-6-9-8-4-5-8/h8H,4-5H2,1-3H3. The maximum Gasteiger partial charge on any atom is 0.133 e. The first-order valence-corrected chi connectivity index (χ1v) is 7.26. The molecule has 1 aliphatic rings. The predicted octanol–water partition coefficient (Wildman–Crippen LogP) is 2.00. The second kappa shape index (κ2) is 2.67. The Labute approximate surface area is 63.8 Å². The van der Waals surface area contributed by atoms with Crippen molar-refractivity contribution in [2.75, 3.05) is 0 Å². The van der Waals surface area contributed by atoms with Crippen molar-refractivity contribution in [3.63, 3.8) is 0 Å². The lowest BCUT2D eigenvalue weighted by Gasteiger charge is -2.02. The molecule has 0 amide bonds. The molecule has 2 heteroatoms. The highest BCUT2D eigenvalue weighted by Crippen LogP contribution is 2.22. The van der Waals surface area contributed by atoms with Crippen LogP contribution in [0, 0.1) is 11.7 Å². The Bertz CT molecular complexity index is 166. The van der Waals surface area contributed by atoms with E-state index in [2.05, 4.69) is 31.3 Å². The quantitative estimate of drug-likeness (QED) is 0.414. The summed E-state index contributed by atoms with van der Waals surface area (Å²) in [6.07, 6.45) is 5.69. The van der Waals surface area contributed by atoms with Crippen LogP contribution in [-0.2, 0) is 4.74 Å².